The first kappa shape index (κ1) is 18.9. The van der Waals surface area contributed by atoms with E-state index in [1.165, 1.54) is 33.5 Å². The van der Waals surface area contributed by atoms with Crippen molar-refractivity contribution in [1.82, 2.24) is 20.4 Å². The Morgan fingerprint density at radius 1 is 0.964 bits per heavy atom. The number of aryl methyl sites for hydroxylation is 3. The summed E-state index contributed by atoms with van der Waals surface area (Å²) in [6.07, 6.45) is 0.976. The summed E-state index contributed by atoms with van der Waals surface area (Å²) in [5.74, 6) is 0. The largest absolute Gasteiger partial charge is 0.314 e. The Hall–Kier alpha value is -2.43. The van der Waals surface area contributed by atoms with Crippen molar-refractivity contribution in [1.29, 1.82) is 0 Å². The zero-order chi connectivity index (χ0) is 19.5. The van der Waals surface area contributed by atoms with Crippen LogP contribution in [0.1, 0.15) is 34.1 Å². The maximum Gasteiger partial charge on any atom is 0.0878 e. The number of nitrogens with zero attached hydrogens (tertiary/aromatic N) is 2. The van der Waals surface area contributed by atoms with Crippen molar-refractivity contribution in [2.24, 2.45) is 0 Å². The molecule has 1 saturated heterocycles. The van der Waals surface area contributed by atoms with E-state index in [4.69, 9.17) is 5.10 Å². The Kier molecular flexibility index (Phi) is 5.60. The second kappa shape index (κ2) is 8.29. The van der Waals surface area contributed by atoms with Gasteiger partial charge < -0.3 is 5.32 Å². The minimum Gasteiger partial charge on any atom is -0.314 e. The Morgan fingerprint density at radius 2 is 1.68 bits per heavy atom. The van der Waals surface area contributed by atoms with Gasteiger partial charge in [0.2, 0.25) is 0 Å². The van der Waals surface area contributed by atoms with Crippen LogP contribution in [0.4, 0.5) is 0 Å². The number of hydrogen-bond donors (Lipinski definition) is 2. The van der Waals surface area contributed by atoms with Crippen molar-refractivity contribution in [3.8, 4) is 11.1 Å². The average Bonchev–Trinajstić information content (AvgIpc) is 3.09. The lowest BCUT2D eigenvalue weighted by atomic mass is 9.92. The number of aromatic amines is 1. The summed E-state index contributed by atoms with van der Waals surface area (Å²) < 4.78 is 0. The van der Waals surface area contributed by atoms with Crippen molar-refractivity contribution in [3.05, 3.63) is 76.6 Å². The maximum atomic E-state index is 4.84. The SMILES string of the molecule is Cc1ccc(CC(c2n[nH]c(C)c2-c2ccccc2C)N2CCNCC2)cc1. The molecular formula is C24H30N4. The zero-order valence-corrected chi connectivity index (χ0v) is 17.1. The second-order valence-electron chi connectivity index (χ2n) is 7.92. The predicted octanol–water partition coefficient (Wildman–Crippen LogP) is 4.19. The number of piperazine rings is 1. The van der Waals surface area contributed by atoms with Crippen molar-refractivity contribution < 1.29 is 0 Å². The summed E-state index contributed by atoms with van der Waals surface area (Å²) in [7, 11) is 0. The summed E-state index contributed by atoms with van der Waals surface area (Å²) >= 11 is 0. The van der Waals surface area contributed by atoms with Crippen molar-refractivity contribution >= 4 is 0 Å². The van der Waals surface area contributed by atoms with Gasteiger partial charge in [0.15, 0.2) is 0 Å². The van der Waals surface area contributed by atoms with Gasteiger partial charge in [-0.3, -0.25) is 10.00 Å². The molecule has 1 atom stereocenters. The highest BCUT2D eigenvalue weighted by molar-refractivity contribution is 5.72. The maximum absolute atomic E-state index is 4.84. The van der Waals surface area contributed by atoms with E-state index in [1.807, 2.05) is 0 Å². The minimum absolute atomic E-state index is 0.268. The topological polar surface area (TPSA) is 44.0 Å². The lowest BCUT2D eigenvalue weighted by Crippen LogP contribution is -2.45. The van der Waals surface area contributed by atoms with Crippen molar-refractivity contribution in [2.45, 2.75) is 33.2 Å². The molecule has 1 aliphatic heterocycles. The Balaban J connectivity index is 1.76. The molecule has 0 amide bonds. The van der Waals surface area contributed by atoms with Crippen molar-refractivity contribution in [2.75, 3.05) is 26.2 Å². The van der Waals surface area contributed by atoms with Gasteiger partial charge in [-0.2, -0.15) is 5.10 Å². The van der Waals surface area contributed by atoms with Crippen LogP contribution >= 0.6 is 0 Å². The fourth-order valence-corrected chi connectivity index (χ4v) is 4.22. The standard InChI is InChI=1S/C24H30N4/c1-17-8-10-20(11-9-17)16-22(28-14-12-25-13-15-28)24-23(19(3)26-27-24)21-7-5-4-6-18(21)2/h4-11,22,25H,12-16H2,1-3H3,(H,26,27). The van der Waals surface area contributed by atoms with Crippen LogP contribution in [-0.2, 0) is 6.42 Å². The van der Waals surface area contributed by atoms with E-state index in [0.717, 1.165) is 38.3 Å². The molecule has 2 aromatic carbocycles. The number of hydrogen-bond acceptors (Lipinski definition) is 3. The van der Waals surface area contributed by atoms with E-state index in [9.17, 15) is 0 Å². The lowest BCUT2D eigenvalue weighted by Gasteiger charge is -2.35. The number of aromatic nitrogens is 2. The number of nitrogens with one attached hydrogen (secondary N) is 2. The summed E-state index contributed by atoms with van der Waals surface area (Å²) in [6, 6.07) is 17.8. The van der Waals surface area contributed by atoms with Gasteiger partial charge in [-0.25, -0.2) is 0 Å². The molecule has 3 aromatic rings. The Morgan fingerprint density at radius 3 is 2.39 bits per heavy atom. The van der Waals surface area contributed by atoms with Gasteiger partial charge in [-0.1, -0.05) is 54.1 Å². The van der Waals surface area contributed by atoms with Crippen LogP contribution in [0, 0.1) is 20.8 Å². The molecule has 0 saturated carbocycles. The highest BCUT2D eigenvalue weighted by atomic mass is 15.2. The molecule has 0 aliphatic carbocycles. The summed E-state index contributed by atoms with van der Waals surface area (Å²) in [4.78, 5) is 2.59. The van der Waals surface area contributed by atoms with Gasteiger partial charge in [-0.15, -0.1) is 0 Å². The van der Waals surface area contributed by atoms with Gasteiger partial charge in [-0.05, 0) is 43.9 Å². The highest BCUT2D eigenvalue weighted by Crippen LogP contribution is 2.36. The highest BCUT2D eigenvalue weighted by Gasteiger charge is 2.28. The summed E-state index contributed by atoms with van der Waals surface area (Å²) in [5.41, 5.74) is 8.84. The minimum atomic E-state index is 0.268. The molecule has 1 aliphatic rings. The Bertz CT molecular complexity index is 920. The van der Waals surface area contributed by atoms with Crippen LogP contribution in [0.15, 0.2) is 48.5 Å². The third-order valence-electron chi connectivity index (χ3n) is 5.85. The van der Waals surface area contributed by atoms with Crippen LogP contribution in [0.25, 0.3) is 11.1 Å². The van der Waals surface area contributed by atoms with Crippen LogP contribution in [-0.4, -0.2) is 41.3 Å². The quantitative estimate of drug-likeness (QED) is 0.704. The van der Waals surface area contributed by atoms with Gasteiger partial charge in [0.1, 0.15) is 0 Å². The van der Waals surface area contributed by atoms with E-state index < -0.39 is 0 Å². The molecule has 2 N–H and O–H groups in total. The first-order valence-electron chi connectivity index (χ1n) is 10.2. The summed E-state index contributed by atoms with van der Waals surface area (Å²) in [6.45, 7) is 10.6. The molecule has 28 heavy (non-hydrogen) atoms. The van der Waals surface area contributed by atoms with Gasteiger partial charge in [0.05, 0.1) is 11.7 Å². The first-order chi connectivity index (χ1) is 13.6. The molecule has 1 aromatic heterocycles. The number of H-pyrrole nitrogens is 1. The molecule has 146 valence electrons. The van der Waals surface area contributed by atoms with Crippen LogP contribution in [0.5, 0.6) is 0 Å². The van der Waals surface area contributed by atoms with Crippen LogP contribution in [0.3, 0.4) is 0 Å². The average molecular weight is 375 g/mol. The van der Waals surface area contributed by atoms with E-state index in [-0.39, 0.29) is 6.04 Å². The molecule has 4 nitrogen and oxygen atoms in total. The van der Waals surface area contributed by atoms with E-state index in [0.29, 0.717) is 0 Å². The number of rotatable bonds is 5. The molecule has 4 heteroatoms. The van der Waals surface area contributed by atoms with Crippen LogP contribution in [0.2, 0.25) is 0 Å². The molecular weight excluding hydrogens is 344 g/mol. The van der Waals surface area contributed by atoms with Gasteiger partial charge in [0, 0.05) is 37.4 Å². The second-order valence-corrected chi connectivity index (χ2v) is 7.92. The molecule has 1 fully saturated rings. The fourth-order valence-electron chi connectivity index (χ4n) is 4.22. The normalized spacial score (nSPS) is 16.2. The predicted molar refractivity (Wildman–Crippen MR) is 116 cm³/mol. The smallest absolute Gasteiger partial charge is 0.0878 e. The van der Waals surface area contributed by atoms with Gasteiger partial charge >= 0.3 is 0 Å². The molecule has 1 unspecified atom stereocenters. The molecule has 0 radical (unpaired) electrons. The fraction of sp³-hybridized carbons (Fsp3) is 0.375. The monoisotopic (exact) mass is 374 g/mol. The third kappa shape index (κ3) is 3.89. The van der Waals surface area contributed by atoms with Crippen molar-refractivity contribution in [3.63, 3.8) is 0 Å². The van der Waals surface area contributed by atoms with Gasteiger partial charge in [0.25, 0.3) is 0 Å². The summed E-state index contributed by atoms with van der Waals surface area (Å²) in [5, 5.41) is 11.6. The van der Waals surface area contributed by atoms with Crippen LogP contribution < -0.4 is 5.32 Å². The molecule has 0 bridgehead atoms. The van der Waals surface area contributed by atoms with E-state index in [2.05, 4.69) is 84.6 Å². The first-order valence-corrected chi connectivity index (χ1v) is 10.2. The lowest BCUT2D eigenvalue weighted by molar-refractivity contribution is 0.169. The third-order valence-corrected chi connectivity index (χ3v) is 5.85. The van der Waals surface area contributed by atoms with E-state index >= 15 is 0 Å². The molecule has 2 heterocycles. The van der Waals surface area contributed by atoms with E-state index in [1.54, 1.807) is 0 Å². The molecule has 0 spiro atoms. The zero-order valence-electron chi connectivity index (χ0n) is 17.1. The molecule has 4 rings (SSSR count). The number of benzene rings is 2. The Labute approximate surface area is 168 Å².